The summed E-state index contributed by atoms with van der Waals surface area (Å²) in [5, 5.41) is 0. The van der Waals surface area contributed by atoms with Crippen LogP contribution in [0.25, 0.3) is 0 Å². The van der Waals surface area contributed by atoms with Gasteiger partial charge in [0.1, 0.15) is 6.10 Å². The highest BCUT2D eigenvalue weighted by Crippen LogP contribution is 2.20. The van der Waals surface area contributed by atoms with Crippen molar-refractivity contribution in [1.82, 2.24) is 0 Å². The molecule has 0 bridgehead atoms. The van der Waals surface area contributed by atoms with Gasteiger partial charge < -0.3 is 9.47 Å². The van der Waals surface area contributed by atoms with Crippen molar-refractivity contribution in [2.45, 2.75) is 39.1 Å². The summed E-state index contributed by atoms with van der Waals surface area (Å²) in [6.45, 7) is 10.5. The van der Waals surface area contributed by atoms with E-state index in [0.29, 0.717) is 6.61 Å². The Kier molecular flexibility index (Phi) is 5.95. The summed E-state index contributed by atoms with van der Waals surface area (Å²) in [7, 11) is 0. The minimum Gasteiger partial charge on any atom is -0.376 e. The standard InChI is InChI=1S/C15H22O2/c1-5-15(14-9-7-6-8-10-14)17-13(4)11-16-12(2)3/h5-10,12-13,15H,1,11H2,2-4H3. The molecule has 1 aromatic rings. The Morgan fingerprint density at radius 3 is 2.35 bits per heavy atom. The second-order valence-electron chi connectivity index (χ2n) is 4.40. The topological polar surface area (TPSA) is 18.5 Å². The Bertz CT molecular complexity index is 319. The number of rotatable bonds is 7. The maximum atomic E-state index is 5.89. The van der Waals surface area contributed by atoms with E-state index in [1.54, 1.807) is 0 Å². The summed E-state index contributed by atoms with van der Waals surface area (Å²) < 4.78 is 11.4. The molecule has 0 saturated carbocycles. The lowest BCUT2D eigenvalue weighted by Gasteiger charge is -2.21. The van der Waals surface area contributed by atoms with Gasteiger partial charge in [-0.2, -0.15) is 0 Å². The predicted octanol–water partition coefficient (Wildman–Crippen LogP) is 3.74. The van der Waals surface area contributed by atoms with Crippen molar-refractivity contribution in [2.75, 3.05) is 6.61 Å². The zero-order chi connectivity index (χ0) is 12.7. The molecule has 1 aromatic carbocycles. The van der Waals surface area contributed by atoms with Gasteiger partial charge in [0.05, 0.1) is 18.8 Å². The predicted molar refractivity (Wildman–Crippen MR) is 71.0 cm³/mol. The zero-order valence-corrected chi connectivity index (χ0v) is 10.9. The van der Waals surface area contributed by atoms with Crippen molar-refractivity contribution >= 4 is 0 Å². The molecule has 0 fully saturated rings. The quantitative estimate of drug-likeness (QED) is 0.669. The molecular formula is C15H22O2. The van der Waals surface area contributed by atoms with Gasteiger partial charge in [0.2, 0.25) is 0 Å². The SMILES string of the molecule is C=CC(OC(C)COC(C)C)c1ccccc1. The van der Waals surface area contributed by atoms with Crippen molar-refractivity contribution in [3.05, 3.63) is 48.6 Å². The normalized spacial score (nSPS) is 14.6. The minimum atomic E-state index is -0.0676. The Labute approximate surface area is 104 Å². The fourth-order valence-corrected chi connectivity index (χ4v) is 1.53. The molecule has 94 valence electrons. The Morgan fingerprint density at radius 2 is 1.82 bits per heavy atom. The average Bonchev–Trinajstić information content (AvgIpc) is 2.34. The molecule has 0 heterocycles. The van der Waals surface area contributed by atoms with Crippen molar-refractivity contribution in [3.63, 3.8) is 0 Å². The highest BCUT2D eigenvalue weighted by Gasteiger charge is 2.12. The zero-order valence-electron chi connectivity index (χ0n) is 10.9. The molecule has 0 amide bonds. The van der Waals surface area contributed by atoms with Crippen LogP contribution in [0.15, 0.2) is 43.0 Å². The van der Waals surface area contributed by atoms with Crippen LogP contribution >= 0.6 is 0 Å². The fourth-order valence-electron chi connectivity index (χ4n) is 1.53. The lowest BCUT2D eigenvalue weighted by Crippen LogP contribution is -2.20. The van der Waals surface area contributed by atoms with Crippen LogP contribution in [0.2, 0.25) is 0 Å². The van der Waals surface area contributed by atoms with Gasteiger partial charge in [0.15, 0.2) is 0 Å². The molecule has 2 heteroatoms. The van der Waals surface area contributed by atoms with Crippen molar-refractivity contribution in [2.24, 2.45) is 0 Å². The summed E-state index contributed by atoms with van der Waals surface area (Å²) in [5.74, 6) is 0. The van der Waals surface area contributed by atoms with E-state index in [1.165, 1.54) is 0 Å². The average molecular weight is 234 g/mol. The molecular weight excluding hydrogens is 212 g/mol. The first-order valence-corrected chi connectivity index (χ1v) is 6.08. The number of benzene rings is 1. The van der Waals surface area contributed by atoms with Crippen molar-refractivity contribution in [1.29, 1.82) is 0 Å². The van der Waals surface area contributed by atoms with Crippen LogP contribution in [0.5, 0.6) is 0 Å². The second-order valence-corrected chi connectivity index (χ2v) is 4.40. The molecule has 0 N–H and O–H groups in total. The van der Waals surface area contributed by atoms with Gasteiger partial charge in [-0.1, -0.05) is 36.4 Å². The van der Waals surface area contributed by atoms with E-state index in [4.69, 9.17) is 9.47 Å². The van der Waals surface area contributed by atoms with Gasteiger partial charge in [-0.15, -0.1) is 6.58 Å². The molecule has 0 saturated heterocycles. The highest BCUT2D eigenvalue weighted by molar-refractivity contribution is 5.20. The van der Waals surface area contributed by atoms with Crippen LogP contribution in [0.4, 0.5) is 0 Å². The van der Waals surface area contributed by atoms with Gasteiger partial charge in [-0.05, 0) is 26.3 Å². The van der Waals surface area contributed by atoms with Crippen LogP contribution in [0.1, 0.15) is 32.4 Å². The van der Waals surface area contributed by atoms with E-state index in [1.807, 2.05) is 57.2 Å². The number of hydrogen-bond donors (Lipinski definition) is 0. The summed E-state index contributed by atoms with van der Waals surface area (Å²) in [6.07, 6.45) is 2.05. The van der Waals surface area contributed by atoms with Crippen LogP contribution < -0.4 is 0 Å². The smallest absolute Gasteiger partial charge is 0.101 e. The van der Waals surface area contributed by atoms with Crippen molar-refractivity contribution in [3.8, 4) is 0 Å². The Morgan fingerprint density at radius 1 is 1.18 bits per heavy atom. The molecule has 2 nitrogen and oxygen atoms in total. The summed E-state index contributed by atoms with van der Waals surface area (Å²) >= 11 is 0. The molecule has 2 unspecified atom stereocenters. The third kappa shape index (κ3) is 5.16. The second kappa shape index (κ2) is 7.25. The lowest BCUT2D eigenvalue weighted by atomic mass is 10.1. The maximum Gasteiger partial charge on any atom is 0.101 e. The van der Waals surface area contributed by atoms with Gasteiger partial charge in [0, 0.05) is 0 Å². The molecule has 0 aliphatic rings. The van der Waals surface area contributed by atoms with E-state index in [2.05, 4.69) is 6.58 Å². The first-order valence-electron chi connectivity index (χ1n) is 6.08. The molecule has 1 rings (SSSR count). The Hall–Kier alpha value is -1.12. The monoisotopic (exact) mass is 234 g/mol. The van der Waals surface area contributed by atoms with Crippen LogP contribution in [-0.2, 0) is 9.47 Å². The number of ether oxygens (including phenoxy) is 2. The maximum absolute atomic E-state index is 5.89. The summed E-state index contributed by atoms with van der Waals surface area (Å²) in [4.78, 5) is 0. The van der Waals surface area contributed by atoms with E-state index in [-0.39, 0.29) is 18.3 Å². The lowest BCUT2D eigenvalue weighted by molar-refractivity contribution is -0.0475. The summed E-state index contributed by atoms with van der Waals surface area (Å²) in [6, 6.07) is 10.1. The van der Waals surface area contributed by atoms with E-state index in [0.717, 1.165) is 5.56 Å². The van der Waals surface area contributed by atoms with Gasteiger partial charge in [0.25, 0.3) is 0 Å². The first kappa shape index (κ1) is 13.9. The molecule has 0 radical (unpaired) electrons. The third-order valence-corrected chi connectivity index (χ3v) is 2.39. The Balaban J connectivity index is 2.50. The minimum absolute atomic E-state index is 0.0561. The van der Waals surface area contributed by atoms with Crippen LogP contribution in [0, 0.1) is 0 Å². The summed E-state index contributed by atoms with van der Waals surface area (Å²) in [5.41, 5.74) is 1.12. The van der Waals surface area contributed by atoms with Gasteiger partial charge in [-0.3, -0.25) is 0 Å². The van der Waals surface area contributed by atoms with Gasteiger partial charge in [-0.25, -0.2) is 0 Å². The highest BCUT2D eigenvalue weighted by atomic mass is 16.5. The largest absolute Gasteiger partial charge is 0.376 e. The molecule has 17 heavy (non-hydrogen) atoms. The van der Waals surface area contributed by atoms with E-state index >= 15 is 0 Å². The molecule has 2 atom stereocenters. The molecule has 0 aliphatic carbocycles. The number of hydrogen-bond acceptors (Lipinski definition) is 2. The van der Waals surface area contributed by atoms with Crippen LogP contribution in [0.3, 0.4) is 0 Å². The third-order valence-electron chi connectivity index (χ3n) is 2.39. The molecule has 0 aliphatic heterocycles. The van der Waals surface area contributed by atoms with Crippen LogP contribution in [-0.4, -0.2) is 18.8 Å². The van der Waals surface area contributed by atoms with Crippen molar-refractivity contribution < 1.29 is 9.47 Å². The van der Waals surface area contributed by atoms with E-state index in [9.17, 15) is 0 Å². The van der Waals surface area contributed by atoms with Gasteiger partial charge >= 0.3 is 0 Å². The molecule has 0 aromatic heterocycles. The first-order chi connectivity index (χ1) is 8.13. The fraction of sp³-hybridized carbons (Fsp3) is 0.467. The van der Waals surface area contributed by atoms with E-state index < -0.39 is 0 Å². The molecule has 0 spiro atoms.